The Morgan fingerprint density at radius 1 is 1.26 bits per heavy atom. The standard InChI is InChI=1S/C18H27N5/c1-21(2)10-6-11-23-18(17(19)13-20-23)22-12-9-16(14-22)15-7-4-3-5-8-15/h3-5,7-8,13,16H,6,9-12,14,19H2,1-2H3. The van der Waals surface area contributed by atoms with Gasteiger partial charge in [-0.05, 0) is 39.0 Å². The van der Waals surface area contributed by atoms with Crippen LogP contribution in [0.25, 0.3) is 0 Å². The van der Waals surface area contributed by atoms with Crippen molar-refractivity contribution in [1.29, 1.82) is 0 Å². The molecular formula is C18H27N5. The summed E-state index contributed by atoms with van der Waals surface area (Å²) in [4.78, 5) is 4.60. The number of nitrogens with two attached hydrogens (primary N) is 1. The van der Waals surface area contributed by atoms with E-state index in [4.69, 9.17) is 5.73 Å². The molecule has 1 atom stereocenters. The van der Waals surface area contributed by atoms with Gasteiger partial charge in [-0.25, -0.2) is 4.68 Å². The van der Waals surface area contributed by atoms with Crippen LogP contribution in [0.3, 0.4) is 0 Å². The third kappa shape index (κ3) is 3.67. The van der Waals surface area contributed by atoms with Crippen LogP contribution in [0, 0.1) is 0 Å². The summed E-state index contributed by atoms with van der Waals surface area (Å²) < 4.78 is 2.08. The maximum absolute atomic E-state index is 6.20. The number of nitrogen functional groups attached to an aromatic ring is 1. The Morgan fingerprint density at radius 2 is 2.04 bits per heavy atom. The van der Waals surface area contributed by atoms with E-state index in [0.29, 0.717) is 5.92 Å². The van der Waals surface area contributed by atoms with Crippen LogP contribution < -0.4 is 10.6 Å². The van der Waals surface area contributed by atoms with Crippen LogP contribution in [-0.2, 0) is 6.54 Å². The van der Waals surface area contributed by atoms with E-state index >= 15 is 0 Å². The van der Waals surface area contributed by atoms with Gasteiger partial charge in [0.25, 0.3) is 0 Å². The van der Waals surface area contributed by atoms with Gasteiger partial charge in [-0.1, -0.05) is 30.3 Å². The number of aromatic nitrogens is 2. The molecule has 0 spiro atoms. The van der Waals surface area contributed by atoms with Crippen molar-refractivity contribution < 1.29 is 0 Å². The van der Waals surface area contributed by atoms with Gasteiger partial charge >= 0.3 is 0 Å². The van der Waals surface area contributed by atoms with Crippen molar-refractivity contribution in [2.75, 3.05) is 44.4 Å². The molecule has 0 amide bonds. The maximum Gasteiger partial charge on any atom is 0.150 e. The minimum absolute atomic E-state index is 0.584. The third-order valence-corrected chi connectivity index (χ3v) is 4.57. The Morgan fingerprint density at radius 3 is 2.78 bits per heavy atom. The van der Waals surface area contributed by atoms with Gasteiger partial charge in [0.15, 0.2) is 0 Å². The summed E-state index contributed by atoms with van der Waals surface area (Å²) in [6.45, 7) is 4.04. The van der Waals surface area contributed by atoms with Crippen molar-refractivity contribution in [1.82, 2.24) is 14.7 Å². The van der Waals surface area contributed by atoms with Gasteiger partial charge < -0.3 is 15.5 Å². The van der Waals surface area contributed by atoms with Gasteiger partial charge in [0.2, 0.25) is 0 Å². The van der Waals surface area contributed by atoms with E-state index in [1.54, 1.807) is 6.20 Å². The zero-order chi connectivity index (χ0) is 16.2. The Balaban J connectivity index is 1.69. The zero-order valence-electron chi connectivity index (χ0n) is 14.2. The van der Waals surface area contributed by atoms with E-state index < -0.39 is 0 Å². The molecular weight excluding hydrogens is 286 g/mol. The van der Waals surface area contributed by atoms with Crippen LogP contribution in [0.4, 0.5) is 11.5 Å². The van der Waals surface area contributed by atoms with Crippen molar-refractivity contribution in [2.24, 2.45) is 0 Å². The van der Waals surface area contributed by atoms with Gasteiger partial charge in [0.1, 0.15) is 5.82 Å². The highest BCUT2D eigenvalue weighted by atomic mass is 15.4. The van der Waals surface area contributed by atoms with Crippen molar-refractivity contribution in [3.8, 4) is 0 Å². The summed E-state index contributed by atoms with van der Waals surface area (Å²) in [5.41, 5.74) is 8.42. The monoisotopic (exact) mass is 313 g/mol. The lowest BCUT2D eigenvalue weighted by Crippen LogP contribution is -2.24. The predicted octanol–water partition coefficient (Wildman–Crippen LogP) is 2.41. The summed E-state index contributed by atoms with van der Waals surface area (Å²) in [6.07, 6.45) is 4.05. The second kappa shape index (κ2) is 7.04. The molecule has 23 heavy (non-hydrogen) atoms. The van der Waals surface area contributed by atoms with E-state index in [1.165, 1.54) is 12.0 Å². The van der Waals surface area contributed by atoms with Crippen LogP contribution in [0.1, 0.15) is 24.3 Å². The fourth-order valence-electron chi connectivity index (χ4n) is 3.39. The van der Waals surface area contributed by atoms with Crippen LogP contribution in [-0.4, -0.2) is 48.4 Å². The number of benzene rings is 1. The van der Waals surface area contributed by atoms with Crippen molar-refractivity contribution >= 4 is 11.5 Å². The molecule has 0 radical (unpaired) electrons. The SMILES string of the molecule is CN(C)CCCn1ncc(N)c1N1CCC(c2ccccc2)C1. The van der Waals surface area contributed by atoms with E-state index in [2.05, 4.69) is 64.0 Å². The van der Waals surface area contributed by atoms with Crippen molar-refractivity contribution in [2.45, 2.75) is 25.3 Å². The minimum atomic E-state index is 0.584. The number of hydrogen-bond donors (Lipinski definition) is 1. The first-order valence-corrected chi connectivity index (χ1v) is 8.41. The van der Waals surface area contributed by atoms with E-state index in [1.807, 2.05) is 0 Å². The Hall–Kier alpha value is -2.01. The molecule has 2 heterocycles. The molecule has 124 valence electrons. The average Bonchev–Trinajstić information content (AvgIpc) is 3.15. The second-order valence-corrected chi connectivity index (χ2v) is 6.65. The highest BCUT2D eigenvalue weighted by Crippen LogP contribution is 2.33. The van der Waals surface area contributed by atoms with Crippen molar-refractivity contribution in [3.05, 3.63) is 42.1 Å². The first-order valence-electron chi connectivity index (χ1n) is 8.41. The predicted molar refractivity (Wildman–Crippen MR) is 95.8 cm³/mol. The summed E-state index contributed by atoms with van der Waals surface area (Å²) in [7, 11) is 4.20. The molecule has 1 unspecified atom stereocenters. The molecule has 1 aromatic carbocycles. The van der Waals surface area contributed by atoms with Crippen molar-refractivity contribution in [3.63, 3.8) is 0 Å². The van der Waals surface area contributed by atoms with Crippen LogP contribution in [0.5, 0.6) is 0 Å². The van der Waals surface area contributed by atoms with Crippen LogP contribution >= 0.6 is 0 Å². The number of nitrogens with zero attached hydrogens (tertiary/aromatic N) is 4. The summed E-state index contributed by atoms with van der Waals surface area (Å²) in [6, 6.07) is 10.8. The summed E-state index contributed by atoms with van der Waals surface area (Å²) >= 11 is 0. The van der Waals surface area contributed by atoms with Gasteiger partial charge in [-0.15, -0.1) is 0 Å². The Bertz CT molecular complexity index is 620. The first-order chi connectivity index (χ1) is 11.1. The van der Waals surface area contributed by atoms with Crippen LogP contribution in [0.2, 0.25) is 0 Å². The summed E-state index contributed by atoms with van der Waals surface area (Å²) in [5.74, 6) is 1.68. The maximum atomic E-state index is 6.20. The lowest BCUT2D eigenvalue weighted by molar-refractivity contribution is 0.381. The molecule has 1 saturated heterocycles. The van der Waals surface area contributed by atoms with E-state index in [9.17, 15) is 0 Å². The molecule has 1 fully saturated rings. The largest absolute Gasteiger partial charge is 0.394 e. The number of aryl methyl sites for hydroxylation is 1. The van der Waals surface area contributed by atoms with E-state index in [0.717, 1.165) is 44.1 Å². The fourth-order valence-corrected chi connectivity index (χ4v) is 3.39. The fraction of sp³-hybridized carbons (Fsp3) is 0.500. The van der Waals surface area contributed by atoms with Crippen LogP contribution in [0.15, 0.2) is 36.5 Å². The molecule has 0 aliphatic carbocycles. The molecule has 3 rings (SSSR count). The minimum Gasteiger partial charge on any atom is -0.394 e. The van der Waals surface area contributed by atoms with Gasteiger partial charge in [0, 0.05) is 25.6 Å². The van der Waals surface area contributed by atoms with Gasteiger partial charge in [-0.3, -0.25) is 0 Å². The number of anilines is 2. The third-order valence-electron chi connectivity index (χ3n) is 4.57. The molecule has 1 aromatic heterocycles. The topological polar surface area (TPSA) is 50.3 Å². The first kappa shape index (κ1) is 15.9. The zero-order valence-corrected chi connectivity index (χ0v) is 14.2. The second-order valence-electron chi connectivity index (χ2n) is 6.65. The molecule has 1 aliphatic heterocycles. The number of rotatable bonds is 6. The lowest BCUT2D eigenvalue weighted by atomic mass is 9.99. The average molecular weight is 313 g/mol. The molecule has 2 N–H and O–H groups in total. The number of hydrogen-bond acceptors (Lipinski definition) is 4. The summed E-state index contributed by atoms with van der Waals surface area (Å²) in [5, 5.41) is 4.49. The molecule has 2 aromatic rings. The smallest absolute Gasteiger partial charge is 0.150 e. The highest BCUT2D eigenvalue weighted by molar-refractivity contribution is 5.63. The molecule has 5 nitrogen and oxygen atoms in total. The highest BCUT2D eigenvalue weighted by Gasteiger charge is 2.27. The molecule has 1 aliphatic rings. The van der Waals surface area contributed by atoms with E-state index in [-0.39, 0.29) is 0 Å². The molecule has 5 heteroatoms. The molecule has 0 saturated carbocycles. The van der Waals surface area contributed by atoms with Gasteiger partial charge in [0.05, 0.1) is 11.9 Å². The Labute approximate surface area is 138 Å². The molecule has 0 bridgehead atoms. The Kier molecular flexibility index (Phi) is 4.86. The normalized spacial score (nSPS) is 18.0. The quantitative estimate of drug-likeness (QED) is 0.890. The lowest BCUT2D eigenvalue weighted by Gasteiger charge is -2.21. The van der Waals surface area contributed by atoms with Gasteiger partial charge in [-0.2, -0.15) is 5.10 Å².